The van der Waals surface area contributed by atoms with Crippen LogP contribution in [0.5, 0.6) is 0 Å². The van der Waals surface area contributed by atoms with Gasteiger partial charge in [-0.1, -0.05) is 0 Å². The third-order valence-corrected chi connectivity index (χ3v) is 4.97. The minimum Gasteiger partial charge on any atom is -0.396 e. The Hall–Kier alpha value is -1.77. The Balaban J connectivity index is 1.69. The number of rotatable bonds is 4. The summed E-state index contributed by atoms with van der Waals surface area (Å²) >= 11 is 0. The second-order valence-electron chi connectivity index (χ2n) is 6.95. The van der Waals surface area contributed by atoms with Crippen LogP contribution in [0.15, 0.2) is 16.9 Å². The molecular formula is C17H26N4O4. The summed E-state index contributed by atoms with van der Waals surface area (Å²) in [6.45, 7) is 5.49. The zero-order valence-electron chi connectivity index (χ0n) is 14.6. The highest BCUT2D eigenvalue weighted by Gasteiger charge is 2.32. The van der Waals surface area contributed by atoms with Crippen LogP contribution < -0.4 is 5.56 Å². The number of aromatic nitrogens is 2. The molecule has 25 heavy (non-hydrogen) atoms. The van der Waals surface area contributed by atoms with Gasteiger partial charge in [-0.2, -0.15) is 5.10 Å². The number of piperidine rings is 1. The first-order valence-corrected chi connectivity index (χ1v) is 8.81. The molecule has 138 valence electrons. The van der Waals surface area contributed by atoms with Gasteiger partial charge < -0.3 is 14.7 Å². The number of nitrogens with zero attached hydrogens (tertiary/aromatic N) is 4. The minimum absolute atomic E-state index is 0.0735. The highest BCUT2D eigenvalue weighted by molar-refractivity contribution is 5.92. The summed E-state index contributed by atoms with van der Waals surface area (Å²) in [6, 6.07) is 2.84. The predicted octanol–water partition coefficient (Wildman–Crippen LogP) is -0.817. The third kappa shape index (κ3) is 4.45. The lowest BCUT2D eigenvalue weighted by Gasteiger charge is -2.39. The molecule has 2 aliphatic heterocycles. The van der Waals surface area contributed by atoms with Crippen LogP contribution in [0.4, 0.5) is 0 Å². The molecule has 2 fully saturated rings. The van der Waals surface area contributed by atoms with E-state index in [0.29, 0.717) is 19.0 Å². The molecule has 0 saturated carbocycles. The molecule has 0 aliphatic carbocycles. The first kappa shape index (κ1) is 18.0. The van der Waals surface area contributed by atoms with Crippen LogP contribution in [-0.2, 0) is 11.8 Å². The van der Waals surface area contributed by atoms with Crippen molar-refractivity contribution in [2.75, 3.05) is 52.5 Å². The molecule has 1 aromatic heterocycles. The van der Waals surface area contributed by atoms with Gasteiger partial charge in [-0.05, 0) is 24.3 Å². The van der Waals surface area contributed by atoms with Crippen molar-refractivity contribution in [2.45, 2.75) is 6.42 Å². The number of likely N-dealkylation sites (tertiary alicyclic amines) is 1. The Kier molecular flexibility index (Phi) is 5.82. The van der Waals surface area contributed by atoms with Crippen LogP contribution >= 0.6 is 0 Å². The highest BCUT2D eigenvalue weighted by Crippen LogP contribution is 2.24. The maximum absolute atomic E-state index is 12.8. The summed E-state index contributed by atoms with van der Waals surface area (Å²) in [5.41, 5.74) is 0.0273. The van der Waals surface area contributed by atoms with Crippen LogP contribution in [0, 0.1) is 11.8 Å². The fraction of sp³-hybridized carbons (Fsp3) is 0.706. The van der Waals surface area contributed by atoms with Gasteiger partial charge >= 0.3 is 0 Å². The highest BCUT2D eigenvalue weighted by atomic mass is 16.5. The number of aliphatic hydroxyl groups excluding tert-OH is 1. The second kappa shape index (κ2) is 8.07. The summed E-state index contributed by atoms with van der Waals surface area (Å²) in [6.07, 6.45) is 0.915. The molecule has 1 N–H and O–H groups in total. The SMILES string of the molecule is Cn1nc(C(=O)N2C[C@@H](CN3CCOCC3)C[C@H](CO)C2)ccc1=O. The number of ether oxygens (including phenoxy) is 1. The standard InChI is InChI=1S/C17H26N4O4/c1-19-16(23)3-2-15(18-19)17(24)21-10-13(8-14(11-21)12-22)9-20-4-6-25-7-5-20/h2-3,13-14,22H,4-12H2,1H3/t13-,14+/m1/s1. The van der Waals surface area contributed by atoms with Gasteiger partial charge in [-0.15, -0.1) is 0 Å². The van der Waals surface area contributed by atoms with Crippen molar-refractivity contribution in [3.8, 4) is 0 Å². The maximum Gasteiger partial charge on any atom is 0.274 e. The summed E-state index contributed by atoms with van der Waals surface area (Å²) in [7, 11) is 1.53. The number of carbonyl (C=O) groups is 1. The molecule has 2 atom stereocenters. The molecule has 8 heteroatoms. The van der Waals surface area contributed by atoms with Gasteiger partial charge in [0.1, 0.15) is 5.69 Å². The van der Waals surface area contributed by atoms with Crippen molar-refractivity contribution in [3.05, 3.63) is 28.2 Å². The average Bonchev–Trinajstić information content (AvgIpc) is 2.64. The summed E-state index contributed by atoms with van der Waals surface area (Å²) < 4.78 is 6.56. The van der Waals surface area contributed by atoms with Gasteiger partial charge in [0.25, 0.3) is 11.5 Å². The van der Waals surface area contributed by atoms with E-state index < -0.39 is 0 Å². The van der Waals surface area contributed by atoms with Gasteiger partial charge in [0.05, 0.1) is 13.2 Å². The number of carbonyl (C=O) groups excluding carboxylic acids is 1. The van der Waals surface area contributed by atoms with Gasteiger partial charge in [0, 0.05) is 52.4 Å². The fourth-order valence-electron chi connectivity index (χ4n) is 3.68. The minimum atomic E-state index is -0.242. The van der Waals surface area contributed by atoms with Crippen molar-refractivity contribution in [2.24, 2.45) is 18.9 Å². The Bertz CT molecular complexity index is 656. The van der Waals surface area contributed by atoms with Crippen LogP contribution in [0.25, 0.3) is 0 Å². The van der Waals surface area contributed by atoms with E-state index >= 15 is 0 Å². The zero-order valence-corrected chi connectivity index (χ0v) is 14.6. The molecule has 0 radical (unpaired) electrons. The van der Waals surface area contributed by atoms with E-state index in [4.69, 9.17) is 4.74 Å². The molecule has 2 saturated heterocycles. The predicted molar refractivity (Wildman–Crippen MR) is 91.3 cm³/mol. The quantitative estimate of drug-likeness (QED) is 0.764. The average molecular weight is 350 g/mol. The van der Waals surface area contributed by atoms with Crippen molar-refractivity contribution in [1.82, 2.24) is 19.6 Å². The number of hydrogen-bond acceptors (Lipinski definition) is 6. The fourth-order valence-corrected chi connectivity index (χ4v) is 3.68. The topological polar surface area (TPSA) is 87.9 Å². The zero-order chi connectivity index (χ0) is 17.8. The van der Waals surface area contributed by atoms with E-state index in [-0.39, 0.29) is 29.7 Å². The smallest absolute Gasteiger partial charge is 0.274 e. The van der Waals surface area contributed by atoms with Gasteiger partial charge in [0.2, 0.25) is 0 Å². The van der Waals surface area contributed by atoms with E-state index in [1.54, 1.807) is 4.90 Å². The molecule has 2 aliphatic rings. The Morgan fingerprint density at radius 2 is 2.00 bits per heavy atom. The number of morpholine rings is 1. The summed E-state index contributed by atoms with van der Waals surface area (Å²) in [5, 5.41) is 13.7. The summed E-state index contributed by atoms with van der Waals surface area (Å²) in [4.78, 5) is 28.4. The van der Waals surface area contributed by atoms with Gasteiger partial charge in [-0.3, -0.25) is 14.5 Å². The van der Waals surface area contributed by atoms with Gasteiger partial charge in [0.15, 0.2) is 0 Å². The van der Waals surface area contributed by atoms with Crippen molar-refractivity contribution >= 4 is 5.91 Å². The van der Waals surface area contributed by atoms with E-state index in [9.17, 15) is 14.7 Å². The van der Waals surface area contributed by atoms with Gasteiger partial charge in [-0.25, -0.2) is 4.68 Å². The first-order valence-electron chi connectivity index (χ1n) is 8.81. The largest absolute Gasteiger partial charge is 0.396 e. The van der Waals surface area contributed by atoms with Crippen LogP contribution in [0.1, 0.15) is 16.9 Å². The van der Waals surface area contributed by atoms with E-state index in [0.717, 1.165) is 39.3 Å². The molecule has 3 heterocycles. The third-order valence-electron chi connectivity index (χ3n) is 4.97. The molecular weight excluding hydrogens is 324 g/mol. The molecule has 8 nitrogen and oxygen atoms in total. The number of aryl methyl sites for hydroxylation is 1. The van der Waals surface area contributed by atoms with Crippen molar-refractivity contribution in [1.29, 1.82) is 0 Å². The lowest BCUT2D eigenvalue weighted by molar-refractivity contribution is 0.0128. The first-order chi connectivity index (χ1) is 12.1. The molecule has 0 bridgehead atoms. The maximum atomic E-state index is 12.8. The molecule has 0 unspecified atom stereocenters. The van der Waals surface area contributed by atoms with Crippen LogP contribution in [0.2, 0.25) is 0 Å². The lowest BCUT2D eigenvalue weighted by Crippen LogP contribution is -2.49. The van der Waals surface area contributed by atoms with E-state index in [2.05, 4.69) is 10.00 Å². The molecule has 0 spiro atoms. The normalized spacial score (nSPS) is 25.1. The summed E-state index contributed by atoms with van der Waals surface area (Å²) in [5.74, 6) is 0.220. The van der Waals surface area contributed by atoms with Crippen molar-refractivity contribution < 1.29 is 14.6 Å². The Labute approximate surface area is 147 Å². The monoisotopic (exact) mass is 350 g/mol. The number of amides is 1. The van der Waals surface area contributed by atoms with Crippen LogP contribution in [-0.4, -0.2) is 83.1 Å². The Morgan fingerprint density at radius 3 is 2.68 bits per heavy atom. The van der Waals surface area contributed by atoms with E-state index in [1.165, 1.54) is 23.9 Å². The van der Waals surface area contributed by atoms with E-state index in [1.807, 2.05) is 0 Å². The van der Waals surface area contributed by atoms with Crippen LogP contribution in [0.3, 0.4) is 0 Å². The molecule has 1 aromatic rings. The number of hydrogen-bond donors (Lipinski definition) is 1. The van der Waals surface area contributed by atoms with Crippen molar-refractivity contribution in [3.63, 3.8) is 0 Å². The number of aliphatic hydroxyl groups is 1. The molecule has 3 rings (SSSR count). The second-order valence-corrected chi connectivity index (χ2v) is 6.95. The lowest BCUT2D eigenvalue weighted by atomic mass is 9.89. The molecule has 1 amide bonds. The molecule has 0 aromatic carbocycles. The Morgan fingerprint density at radius 1 is 1.28 bits per heavy atom.